The zero-order chi connectivity index (χ0) is 13.2. The summed E-state index contributed by atoms with van der Waals surface area (Å²) in [5, 5.41) is 0. The van der Waals surface area contributed by atoms with Gasteiger partial charge >= 0.3 is 0 Å². The summed E-state index contributed by atoms with van der Waals surface area (Å²) >= 11 is 0. The van der Waals surface area contributed by atoms with Crippen LogP contribution in [0.25, 0.3) is 0 Å². The summed E-state index contributed by atoms with van der Waals surface area (Å²) in [5.74, 6) is 0.285. The number of hydrogen-bond donors (Lipinski definition) is 1. The van der Waals surface area contributed by atoms with Crippen LogP contribution in [-0.4, -0.2) is 23.9 Å². The average Bonchev–Trinajstić information content (AvgIpc) is 2.99. The predicted octanol–water partition coefficient (Wildman–Crippen LogP) is 1.98. The van der Waals surface area contributed by atoms with Crippen LogP contribution in [0.4, 0.5) is 0 Å². The molecule has 0 radical (unpaired) electrons. The fraction of sp³-hybridized carbons (Fsp3) is 0.267. The minimum absolute atomic E-state index is 0.0671. The molecule has 0 aliphatic carbocycles. The van der Waals surface area contributed by atoms with Crippen molar-refractivity contribution in [3.63, 3.8) is 0 Å². The summed E-state index contributed by atoms with van der Waals surface area (Å²) < 4.78 is 5.20. The largest absolute Gasteiger partial charge is 0.459 e. The molecular weight excluding hydrogens is 240 g/mol. The SMILES string of the molecule is NCC1c2ccccc2CCN1C(=O)c1ccco1. The normalized spacial score (nSPS) is 18.2. The number of hydrogen-bond acceptors (Lipinski definition) is 3. The van der Waals surface area contributed by atoms with Gasteiger partial charge in [0.25, 0.3) is 5.91 Å². The number of carbonyl (C=O) groups is 1. The van der Waals surface area contributed by atoms with Crippen molar-refractivity contribution in [2.24, 2.45) is 5.73 Å². The third kappa shape index (κ3) is 2.04. The Balaban J connectivity index is 1.94. The van der Waals surface area contributed by atoms with Crippen LogP contribution >= 0.6 is 0 Å². The lowest BCUT2D eigenvalue weighted by Crippen LogP contribution is -2.43. The minimum Gasteiger partial charge on any atom is -0.459 e. The number of rotatable bonds is 2. The number of fused-ring (bicyclic) bond motifs is 1. The molecule has 1 atom stereocenters. The number of nitrogens with two attached hydrogens (primary N) is 1. The summed E-state index contributed by atoms with van der Waals surface area (Å²) in [7, 11) is 0. The number of furan rings is 1. The second-order valence-corrected chi connectivity index (χ2v) is 4.68. The van der Waals surface area contributed by atoms with Crippen LogP contribution in [0.1, 0.15) is 27.7 Å². The molecule has 0 fully saturated rings. The van der Waals surface area contributed by atoms with Crippen molar-refractivity contribution in [2.75, 3.05) is 13.1 Å². The molecule has 1 aliphatic rings. The first-order valence-electron chi connectivity index (χ1n) is 6.43. The first-order chi connectivity index (χ1) is 9.31. The summed E-state index contributed by atoms with van der Waals surface area (Å²) in [6.45, 7) is 1.10. The van der Waals surface area contributed by atoms with E-state index in [9.17, 15) is 4.79 Å². The van der Waals surface area contributed by atoms with Crippen molar-refractivity contribution in [1.82, 2.24) is 4.90 Å². The van der Waals surface area contributed by atoms with Crippen molar-refractivity contribution in [1.29, 1.82) is 0 Å². The standard InChI is InChI=1S/C15H16N2O2/c16-10-13-12-5-2-1-4-11(12)7-8-17(13)15(18)14-6-3-9-19-14/h1-6,9,13H,7-8,10,16H2. The molecule has 3 rings (SSSR count). The Bertz CT molecular complexity index is 578. The summed E-state index contributed by atoms with van der Waals surface area (Å²) in [5.41, 5.74) is 8.30. The van der Waals surface area contributed by atoms with Crippen LogP contribution in [0.3, 0.4) is 0 Å². The number of benzene rings is 1. The highest BCUT2D eigenvalue weighted by atomic mass is 16.3. The van der Waals surface area contributed by atoms with Crippen LogP contribution in [-0.2, 0) is 6.42 Å². The molecule has 1 aromatic heterocycles. The lowest BCUT2D eigenvalue weighted by molar-refractivity contribution is 0.0635. The van der Waals surface area contributed by atoms with E-state index in [1.807, 2.05) is 12.1 Å². The Morgan fingerprint density at radius 3 is 2.89 bits per heavy atom. The van der Waals surface area contributed by atoms with Crippen molar-refractivity contribution in [2.45, 2.75) is 12.5 Å². The van der Waals surface area contributed by atoms with Gasteiger partial charge in [0.2, 0.25) is 0 Å². The first kappa shape index (κ1) is 12.0. The third-order valence-corrected chi connectivity index (χ3v) is 3.63. The van der Waals surface area contributed by atoms with Gasteiger partial charge in [-0.2, -0.15) is 0 Å². The van der Waals surface area contributed by atoms with E-state index in [1.54, 1.807) is 17.0 Å². The maximum Gasteiger partial charge on any atom is 0.290 e. The molecule has 4 nitrogen and oxygen atoms in total. The second-order valence-electron chi connectivity index (χ2n) is 4.68. The predicted molar refractivity (Wildman–Crippen MR) is 71.7 cm³/mol. The van der Waals surface area contributed by atoms with Crippen LogP contribution in [0.15, 0.2) is 47.1 Å². The average molecular weight is 256 g/mol. The van der Waals surface area contributed by atoms with Gasteiger partial charge in [-0.15, -0.1) is 0 Å². The smallest absolute Gasteiger partial charge is 0.290 e. The number of amides is 1. The van der Waals surface area contributed by atoms with E-state index in [1.165, 1.54) is 11.8 Å². The quantitative estimate of drug-likeness (QED) is 0.893. The van der Waals surface area contributed by atoms with Crippen molar-refractivity contribution >= 4 is 5.91 Å². The molecule has 19 heavy (non-hydrogen) atoms. The number of nitrogens with zero attached hydrogens (tertiary/aromatic N) is 1. The van der Waals surface area contributed by atoms with Crippen LogP contribution in [0.2, 0.25) is 0 Å². The fourth-order valence-electron chi connectivity index (χ4n) is 2.69. The molecule has 1 aromatic carbocycles. The second kappa shape index (κ2) is 4.90. The van der Waals surface area contributed by atoms with E-state index in [2.05, 4.69) is 12.1 Å². The first-order valence-corrected chi connectivity index (χ1v) is 6.43. The third-order valence-electron chi connectivity index (χ3n) is 3.63. The van der Waals surface area contributed by atoms with Gasteiger partial charge in [0, 0.05) is 13.1 Å². The molecule has 2 heterocycles. The molecule has 1 aliphatic heterocycles. The maximum absolute atomic E-state index is 12.4. The molecule has 2 aromatic rings. The van der Waals surface area contributed by atoms with E-state index in [0.29, 0.717) is 18.8 Å². The molecule has 0 saturated carbocycles. The van der Waals surface area contributed by atoms with E-state index >= 15 is 0 Å². The molecule has 0 spiro atoms. The van der Waals surface area contributed by atoms with Crippen LogP contribution in [0, 0.1) is 0 Å². The lowest BCUT2D eigenvalue weighted by atomic mass is 9.92. The van der Waals surface area contributed by atoms with E-state index in [-0.39, 0.29) is 11.9 Å². The highest BCUT2D eigenvalue weighted by molar-refractivity contribution is 5.92. The highest BCUT2D eigenvalue weighted by Gasteiger charge is 2.31. The molecule has 98 valence electrons. The monoisotopic (exact) mass is 256 g/mol. The Labute approximate surface area is 111 Å². The minimum atomic E-state index is -0.0880. The summed E-state index contributed by atoms with van der Waals surface area (Å²) in [6.07, 6.45) is 2.38. The Kier molecular flexibility index (Phi) is 3.09. The zero-order valence-corrected chi connectivity index (χ0v) is 10.6. The Morgan fingerprint density at radius 2 is 2.16 bits per heavy atom. The molecule has 4 heteroatoms. The van der Waals surface area contributed by atoms with Gasteiger partial charge in [-0.1, -0.05) is 24.3 Å². The summed E-state index contributed by atoms with van der Waals surface area (Å²) in [6, 6.07) is 11.5. The van der Waals surface area contributed by atoms with Gasteiger partial charge in [0.05, 0.1) is 12.3 Å². The Hall–Kier alpha value is -2.07. The van der Waals surface area contributed by atoms with Crippen molar-refractivity contribution < 1.29 is 9.21 Å². The van der Waals surface area contributed by atoms with Crippen molar-refractivity contribution in [3.8, 4) is 0 Å². The van der Waals surface area contributed by atoms with E-state index in [0.717, 1.165) is 12.0 Å². The molecule has 0 bridgehead atoms. The van der Waals surface area contributed by atoms with Gasteiger partial charge in [0.15, 0.2) is 5.76 Å². The fourth-order valence-corrected chi connectivity index (χ4v) is 2.69. The van der Waals surface area contributed by atoms with Gasteiger partial charge in [-0.05, 0) is 29.7 Å². The van der Waals surface area contributed by atoms with Gasteiger partial charge in [-0.25, -0.2) is 0 Å². The molecule has 2 N–H and O–H groups in total. The van der Waals surface area contributed by atoms with E-state index < -0.39 is 0 Å². The molecule has 0 saturated heterocycles. The zero-order valence-electron chi connectivity index (χ0n) is 10.6. The molecule has 1 amide bonds. The van der Waals surface area contributed by atoms with Crippen LogP contribution < -0.4 is 5.73 Å². The summed E-state index contributed by atoms with van der Waals surface area (Å²) in [4.78, 5) is 14.2. The lowest BCUT2D eigenvalue weighted by Gasteiger charge is -2.36. The van der Waals surface area contributed by atoms with Gasteiger partial charge < -0.3 is 15.1 Å². The Morgan fingerprint density at radius 1 is 1.32 bits per heavy atom. The maximum atomic E-state index is 12.4. The molecule has 1 unspecified atom stereocenters. The van der Waals surface area contributed by atoms with Gasteiger partial charge in [-0.3, -0.25) is 4.79 Å². The van der Waals surface area contributed by atoms with Crippen molar-refractivity contribution in [3.05, 3.63) is 59.5 Å². The highest BCUT2D eigenvalue weighted by Crippen LogP contribution is 2.30. The topological polar surface area (TPSA) is 59.5 Å². The van der Waals surface area contributed by atoms with E-state index in [4.69, 9.17) is 10.2 Å². The van der Waals surface area contributed by atoms with Gasteiger partial charge in [0.1, 0.15) is 0 Å². The number of carbonyl (C=O) groups excluding carboxylic acids is 1. The van der Waals surface area contributed by atoms with Crippen LogP contribution in [0.5, 0.6) is 0 Å². The molecular formula is C15H16N2O2.